The van der Waals surface area contributed by atoms with Crippen molar-refractivity contribution in [3.05, 3.63) is 122 Å². The zero-order valence-corrected chi connectivity index (χ0v) is 23.2. The average Bonchev–Trinajstić information content (AvgIpc) is 3.34. The van der Waals surface area contributed by atoms with Crippen LogP contribution in [-0.2, 0) is 11.3 Å². The quantitative estimate of drug-likeness (QED) is 0.132. The lowest BCUT2D eigenvalue weighted by molar-refractivity contribution is -0.384. The van der Waals surface area contributed by atoms with Crippen LogP contribution in [0.4, 0.5) is 10.5 Å². The van der Waals surface area contributed by atoms with Crippen molar-refractivity contribution in [1.29, 1.82) is 0 Å². The van der Waals surface area contributed by atoms with Gasteiger partial charge < -0.3 is 4.57 Å². The third-order valence-electron chi connectivity index (χ3n) is 6.60. The van der Waals surface area contributed by atoms with Gasteiger partial charge in [0.1, 0.15) is 0 Å². The maximum absolute atomic E-state index is 13.1. The number of rotatable bonds is 7. The molecule has 39 heavy (non-hydrogen) atoms. The fourth-order valence-electron chi connectivity index (χ4n) is 4.50. The van der Waals surface area contributed by atoms with Gasteiger partial charge in [-0.25, -0.2) is 0 Å². The predicted octanol–water partition coefficient (Wildman–Crippen LogP) is 7.70. The number of carbonyl (C=O) groups is 2. The van der Waals surface area contributed by atoms with E-state index in [0.29, 0.717) is 4.91 Å². The topological polar surface area (TPSA) is 85.4 Å². The summed E-state index contributed by atoms with van der Waals surface area (Å²) in [5.74, 6) is -0.273. The molecule has 0 spiro atoms. The second-order valence-electron chi connectivity index (χ2n) is 9.20. The third kappa shape index (κ3) is 5.55. The molecule has 3 aromatic carbocycles. The van der Waals surface area contributed by atoms with E-state index in [0.717, 1.165) is 55.3 Å². The molecule has 196 valence electrons. The molecule has 1 saturated heterocycles. The highest BCUT2D eigenvalue weighted by Gasteiger charge is 2.35. The van der Waals surface area contributed by atoms with Crippen LogP contribution in [0.3, 0.4) is 0 Å². The minimum atomic E-state index is -0.407. The Morgan fingerprint density at radius 3 is 2.21 bits per heavy atom. The van der Waals surface area contributed by atoms with Gasteiger partial charge in [0.05, 0.1) is 16.4 Å². The summed E-state index contributed by atoms with van der Waals surface area (Å²) in [7, 11) is 0. The van der Waals surface area contributed by atoms with Crippen molar-refractivity contribution in [2.24, 2.45) is 0 Å². The maximum atomic E-state index is 13.1. The standard InChI is InChI=1S/C30H25N3O4S2/c1-19-6-4-5-7-22(19)18-31-29(34)28(39-30(31)35)17-23-16-20(2)32(21(23)3)24-8-12-26(13-9-24)38-27-14-10-25(11-15-27)33(36)37/h4-17H,18H2,1-3H3/b28-17-. The van der Waals surface area contributed by atoms with Crippen LogP contribution in [0.25, 0.3) is 11.8 Å². The monoisotopic (exact) mass is 555 g/mol. The Kier molecular flexibility index (Phi) is 7.45. The molecule has 1 aromatic heterocycles. The summed E-state index contributed by atoms with van der Waals surface area (Å²) in [4.78, 5) is 39.9. The highest BCUT2D eigenvalue weighted by Crippen LogP contribution is 2.35. The van der Waals surface area contributed by atoms with E-state index >= 15 is 0 Å². The van der Waals surface area contributed by atoms with E-state index in [4.69, 9.17) is 0 Å². The van der Waals surface area contributed by atoms with Gasteiger partial charge in [0.15, 0.2) is 0 Å². The maximum Gasteiger partial charge on any atom is 0.293 e. The Balaban J connectivity index is 1.34. The summed E-state index contributed by atoms with van der Waals surface area (Å²) < 4.78 is 2.11. The molecule has 0 aliphatic carbocycles. The molecule has 0 N–H and O–H groups in total. The molecule has 2 heterocycles. The summed E-state index contributed by atoms with van der Waals surface area (Å²) in [6.45, 7) is 6.24. The normalized spacial score (nSPS) is 14.4. The molecule has 0 atom stereocenters. The molecular formula is C30H25N3O4S2. The molecular weight excluding hydrogens is 530 g/mol. The molecule has 0 unspecified atom stereocenters. The first-order valence-electron chi connectivity index (χ1n) is 12.2. The number of hydrogen-bond donors (Lipinski definition) is 0. The molecule has 1 aliphatic heterocycles. The van der Waals surface area contributed by atoms with Gasteiger partial charge in [-0.3, -0.25) is 24.6 Å². The SMILES string of the molecule is Cc1ccccc1CN1C(=O)S/C(=C\c2cc(C)n(-c3ccc(Sc4ccc([N+](=O)[O-])cc4)cc3)c2C)C1=O. The number of thioether (sulfide) groups is 1. The van der Waals surface area contributed by atoms with Gasteiger partial charge in [-0.05, 0) is 97.8 Å². The van der Waals surface area contributed by atoms with Crippen LogP contribution in [-0.4, -0.2) is 25.5 Å². The number of carbonyl (C=O) groups excluding carboxylic acids is 2. The number of hydrogen-bond acceptors (Lipinski definition) is 6. The summed E-state index contributed by atoms with van der Waals surface area (Å²) in [5, 5.41) is 10.6. The Bertz CT molecular complexity index is 1620. The Hall–Kier alpha value is -4.08. The zero-order valence-electron chi connectivity index (χ0n) is 21.6. The van der Waals surface area contributed by atoms with E-state index in [-0.39, 0.29) is 23.4 Å². The van der Waals surface area contributed by atoms with Crippen molar-refractivity contribution in [1.82, 2.24) is 9.47 Å². The fourth-order valence-corrected chi connectivity index (χ4v) is 6.15. The van der Waals surface area contributed by atoms with E-state index in [2.05, 4.69) is 4.57 Å². The molecule has 1 aliphatic rings. The molecule has 0 bridgehead atoms. The molecule has 0 radical (unpaired) electrons. The van der Waals surface area contributed by atoms with E-state index in [1.54, 1.807) is 18.2 Å². The summed E-state index contributed by atoms with van der Waals surface area (Å²) in [6, 6.07) is 24.3. The minimum Gasteiger partial charge on any atom is -0.318 e. The van der Waals surface area contributed by atoms with Gasteiger partial charge in [0.2, 0.25) is 0 Å². The molecule has 2 amide bonds. The van der Waals surface area contributed by atoms with Crippen molar-refractivity contribution in [2.45, 2.75) is 37.1 Å². The van der Waals surface area contributed by atoms with Gasteiger partial charge in [0, 0.05) is 39.0 Å². The molecule has 5 rings (SSSR count). The van der Waals surface area contributed by atoms with Crippen LogP contribution in [0.2, 0.25) is 0 Å². The van der Waals surface area contributed by atoms with Gasteiger partial charge in [-0.15, -0.1) is 0 Å². The number of aromatic nitrogens is 1. The van der Waals surface area contributed by atoms with Crippen molar-refractivity contribution >= 4 is 46.4 Å². The first-order chi connectivity index (χ1) is 18.7. The van der Waals surface area contributed by atoms with E-state index in [9.17, 15) is 19.7 Å². The Morgan fingerprint density at radius 2 is 1.56 bits per heavy atom. The van der Waals surface area contributed by atoms with Gasteiger partial charge in [-0.1, -0.05) is 36.0 Å². The average molecular weight is 556 g/mol. The third-order valence-corrected chi connectivity index (χ3v) is 8.52. The highest BCUT2D eigenvalue weighted by molar-refractivity contribution is 8.18. The van der Waals surface area contributed by atoms with E-state index < -0.39 is 4.92 Å². The summed E-state index contributed by atoms with van der Waals surface area (Å²) in [6.07, 6.45) is 1.81. The first kappa shape index (κ1) is 26.5. The lowest BCUT2D eigenvalue weighted by Crippen LogP contribution is -2.27. The largest absolute Gasteiger partial charge is 0.318 e. The van der Waals surface area contributed by atoms with Crippen LogP contribution in [0, 0.1) is 30.9 Å². The Morgan fingerprint density at radius 1 is 0.923 bits per heavy atom. The molecule has 4 aromatic rings. The van der Waals surface area contributed by atoms with Gasteiger partial charge in [-0.2, -0.15) is 0 Å². The van der Waals surface area contributed by atoms with Crippen LogP contribution >= 0.6 is 23.5 Å². The Labute approximate surface area is 234 Å². The van der Waals surface area contributed by atoms with Crippen LogP contribution < -0.4 is 0 Å². The number of nitrogens with zero attached hydrogens (tertiary/aromatic N) is 3. The summed E-state index contributed by atoms with van der Waals surface area (Å²) >= 11 is 2.51. The lowest BCUT2D eigenvalue weighted by Gasteiger charge is -2.14. The second-order valence-corrected chi connectivity index (χ2v) is 11.3. The number of imide groups is 1. The molecule has 9 heteroatoms. The van der Waals surface area contributed by atoms with Crippen LogP contribution in [0.1, 0.15) is 28.1 Å². The number of non-ortho nitro benzene ring substituents is 1. The summed E-state index contributed by atoms with van der Waals surface area (Å²) in [5.41, 5.74) is 5.90. The fraction of sp³-hybridized carbons (Fsp3) is 0.133. The first-order valence-corrected chi connectivity index (χ1v) is 13.9. The van der Waals surface area contributed by atoms with Crippen LogP contribution in [0.15, 0.2) is 93.6 Å². The lowest BCUT2D eigenvalue weighted by atomic mass is 10.1. The molecule has 7 nitrogen and oxygen atoms in total. The predicted molar refractivity (Wildman–Crippen MR) is 155 cm³/mol. The van der Waals surface area contributed by atoms with Crippen molar-refractivity contribution in [2.75, 3.05) is 0 Å². The van der Waals surface area contributed by atoms with Crippen molar-refractivity contribution in [3.63, 3.8) is 0 Å². The highest BCUT2D eigenvalue weighted by atomic mass is 32.2. The molecule has 1 fully saturated rings. The smallest absolute Gasteiger partial charge is 0.293 e. The number of nitro benzene ring substituents is 1. The van der Waals surface area contributed by atoms with Crippen LogP contribution in [0.5, 0.6) is 0 Å². The van der Waals surface area contributed by atoms with Gasteiger partial charge in [0.25, 0.3) is 16.8 Å². The minimum absolute atomic E-state index is 0.0695. The number of aryl methyl sites for hydroxylation is 2. The van der Waals surface area contributed by atoms with Crippen molar-refractivity contribution in [3.8, 4) is 5.69 Å². The number of amides is 2. The second kappa shape index (κ2) is 11.0. The number of nitro groups is 1. The van der Waals surface area contributed by atoms with E-state index in [1.165, 1.54) is 28.8 Å². The number of benzene rings is 3. The molecule has 0 saturated carbocycles. The zero-order chi connectivity index (χ0) is 27.7. The van der Waals surface area contributed by atoms with Crippen molar-refractivity contribution < 1.29 is 14.5 Å². The van der Waals surface area contributed by atoms with E-state index in [1.807, 2.05) is 75.4 Å². The van der Waals surface area contributed by atoms with Gasteiger partial charge >= 0.3 is 0 Å².